The molecule has 52 heavy (non-hydrogen) atoms. The predicted octanol–water partition coefficient (Wildman–Crippen LogP) is 15.8. The van der Waals surface area contributed by atoms with Crippen molar-refractivity contribution in [2.45, 2.75) is 258 Å². The monoisotopic (exact) mass is 756 g/mol. The largest absolute Gasteiger partial charge is 0.469 e. The molecule has 0 aliphatic rings. The van der Waals surface area contributed by atoms with Crippen LogP contribution in [0.3, 0.4) is 0 Å². The van der Waals surface area contributed by atoms with E-state index in [0.717, 1.165) is 19.3 Å². The molecule has 0 unspecified atom stereocenters. The van der Waals surface area contributed by atoms with Gasteiger partial charge in [-0.25, -0.2) is 4.57 Å². The van der Waals surface area contributed by atoms with Crippen LogP contribution < -0.4 is 0 Å². The molecule has 5 nitrogen and oxygen atoms in total. The number of hydrogen-bond donors (Lipinski definition) is 2. The van der Waals surface area contributed by atoms with E-state index in [1.807, 2.05) is 0 Å². The van der Waals surface area contributed by atoms with Gasteiger partial charge in [0.2, 0.25) is 0 Å². The van der Waals surface area contributed by atoms with E-state index in [4.69, 9.17) is 9.79 Å². The van der Waals surface area contributed by atoms with Gasteiger partial charge >= 0.3 is 7.82 Å². The van der Waals surface area contributed by atoms with E-state index >= 15 is 0 Å². The Bertz CT molecular complexity index is 714. The highest BCUT2D eigenvalue weighted by molar-refractivity contribution is 7.46. The summed E-state index contributed by atoms with van der Waals surface area (Å²) in [6, 6.07) is 0. The lowest BCUT2D eigenvalue weighted by atomic mass is 10.0. The first-order chi connectivity index (χ1) is 25.5. The zero-order valence-electron chi connectivity index (χ0n) is 35.5. The predicted molar refractivity (Wildman–Crippen MR) is 230 cm³/mol. The maximum absolute atomic E-state index is 10.7. The smallest absolute Gasteiger partial charge is 0.303 e. The van der Waals surface area contributed by atoms with Crippen LogP contribution in [0.5, 0.6) is 0 Å². The Balaban J connectivity index is 3.92. The van der Waals surface area contributed by atoms with Gasteiger partial charge in [-0.15, -0.1) is 0 Å². The minimum Gasteiger partial charge on any atom is -0.303 e. The summed E-state index contributed by atoms with van der Waals surface area (Å²) in [4.78, 5) is 20.2. The topological polar surface area (TPSA) is 70.0 Å². The highest BCUT2D eigenvalue weighted by Gasteiger charge is 2.12. The summed E-state index contributed by atoms with van der Waals surface area (Å²) in [5.41, 5.74) is 0. The van der Waals surface area contributed by atoms with E-state index in [0.29, 0.717) is 0 Å². The molecule has 0 heterocycles. The molecule has 0 aliphatic carbocycles. The molecule has 0 bridgehead atoms. The van der Waals surface area contributed by atoms with E-state index in [-0.39, 0.29) is 6.61 Å². The molecule has 312 valence electrons. The SMILES string of the molecule is CCCCCCCCCCCCCCN(CCCCCCCC/C=C\CCCCCCCCOP(=O)(O)O)CCCCCCCCCCCCCC. The fourth-order valence-corrected chi connectivity index (χ4v) is 7.85. The Kier molecular flexibility index (Phi) is 43.4. The third-order valence-corrected chi connectivity index (χ3v) is 11.5. The average Bonchev–Trinajstić information content (AvgIpc) is 3.12. The van der Waals surface area contributed by atoms with Crippen LogP contribution in [-0.2, 0) is 9.09 Å². The summed E-state index contributed by atoms with van der Waals surface area (Å²) in [6.07, 6.45) is 56.5. The van der Waals surface area contributed by atoms with Gasteiger partial charge in [-0.05, 0) is 71.0 Å². The fourth-order valence-electron chi connectivity index (χ4n) is 7.48. The van der Waals surface area contributed by atoms with Crippen molar-refractivity contribution < 1.29 is 18.9 Å². The summed E-state index contributed by atoms with van der Waals surface area (Å²) < 4.78 is 15.1. The van der Waals surface area contributed by atoms with Crippen LogP contribution in [0, 0.1) is 0 Å². The highest BCUT2D eigenvalue weighted by Crippen LogP contribution is 2.35. The maximum Gasteiger partial charge on any atom is 0.469 e. The van der Waals surface area contributed by atoms with Crippen LogP contribution in [0.2, 0.25) is 0 Å². The molecule has 0 fully saturated rings. The number of unbranched alkanes of at least 4 members (excludes halogenated alkanes) is 34. The molecular formula is C46H94NO4P. The Hall–Kier alpha value is -0.190. The van der Waals surface area contributed by atoms with E-state index < -0.39 is 7.82 Å². The Morgan fingerprint density at radius 1 is 0.385 bits per heavy atom. The molecule has 0 aromatic rings. The number of allylic oxidation sites excluding steroid dienone is 2. The second-order valence-electron chi connectivity index (χ2n) is 16.2. The fraction of sp³-hybridized carbons (Fsp3) is 0.957. The molecular weight excluding hydrogens is 661 g/mol. The maximum atomic E-state index is 10.7. The molecule has 0 aromatic carbocycles. The minimum atomic E-state index is -4.29. The molecule has 0 amide bonds. The summed E-state index contributed by atoms with van der Waals surface area (Å²) in [5, 5.41) is 0. The summed E-state index contributed by atoms with van der Waals surface area (Å²) in [6.45, 7) is 8.76. The normalized spacial score (nSPS) is 12.2. The molecule has 0 spiro atoms. The molecule has 6 heteroatoms. The van der Waals surface area contributed by atoms with Crippen LogP contribution in [0.1, 0.15) is 258 Å². The molecule has 0 atom stereocenters. The molecule has 0 saturated heterocycles. The van der Waals surface area contributed by atoms with Crippen molar-refractivity contribution >= 4 is 7.82 Å². The summed E-state index contributed by atoms with van der Waals surface area (Å²) in [5.74, 6) is 0. The van der Waals surface area contributed by atoms with Gasteiger partial charge in [-0.3, -0.25) is 4.52 Å². The van der Waals surface area contributed by atoms with E-state index in [2.05, 4.69) is 35.4 Å². The first-order valence-electron chi connectivity index (χ1n) is 23.6. The average molecular weight is 756 g/mol. The van der Waals surface area contributed by atoms with Gasteiger partial charge < -0.3 is 14.7 Å². The lowest BCUT2D eigenvalue weighted by molar-refractivity contribution is 0.193. The number of hydrogen-bond acceptors (Lipinski definition) is 3. The van der Waals surface area contributed by atoms with Crippen molar-refractivity contribution in [2.75, 3.05) is 26.2 Å². The van der Waals surface area contributed by atoms with Crippen LogP contribution in [0.25, 0.3) is 0 Å². The first kappa shape index (κ1) is 51.8. The molecule has 0 aromatic heterocycles. The van der Waals surface area contributed by atoms with Gasteiger partial charge in [0, 0.05) is 0 Å². The summed E-state index contributed by atoms with van der Waals surface area (Å²) in [7, 11) is -4.29. The van der Waals surface area contributed by atoms with Crippen LogP contribution in [0.15, 0.2) is 12.2 Å². The van der Waals surface area contributed by atoms with Crippen molar-refractivity contribution in [1.82, 2.24) is 4.90 Å². The molecule has 2 N–H and O–H groups in total. The molecule has 0 aliphatic heterocycles. The lowest BCUT2D eigenvalue weighted by Gasteiger charge is -2.22. The molecule has 0 rings (SSSR count). The highest BCUT2D eigenvalue weighted by atomic mass is 31.2. The van der Waals surface area contributed by atoms with Crippen molar-refractivity contribution in [3.05, 3.63) is 12.2 Å². The van der Waals surface area contributed by atoms with E-state index in [1.54, 1.807) is 0 Å². The van der Waals surface area contributed by atoms with Crippen LogP contribution >= 0.6 is 7.82 Å². The van der Waals surface area contributed by atoms with Crippen LogP contribution in [0.4, 0.5) is 0 Å². The zero-order chi connectivity index (χ0) is 37.9. The van der Waals surface area contributed by atoms with E-state index in [9.17, 15) is 4.57 Å². The Morgan fingerprint density at radius 2 is 0.635 bits per heavy atom. The van der Waals surface area contributed by atoms with Gasteiger partial charge in [0.05, 0.1) is 6.61 Å². The second kappa shape index (κ2) is 43.5. The van der Waals surface area contributed by atoms with Gasteiger partial charge in [0.25, 0.3) is 0 Å². The number of rotatable bonds is 45. The number of phosphoric acid groups is 1. The lowest BCUT2D eigenvalue weighted by Crippen LogP contribution is -2.27. The van der Waals surface area contributed by atoms with Crippen molar-refractivity contribution in [1.29, 1.82) is 0 Å². The third kappa shape index (κ3) is 46.0. The first-order valence-corrected chi connectivity index (χ1v) is 25.1. The van der Waals surface area contributed by atoms with Crippen molar-refractivity contribution in [3.63, 3.8) is 0 Å². The van der Waals surface area contributed by atoms with Crippen molar-refractivity contribution in [2.24, 2.45) is 0 Å². The number of phosphoric ester groups is 1. The summed E-state index contributed by atoms with van der Waals surface area (Å²) >= 11 is 0. The zero-order valence-corrected chi connectivity index (χ0v) is 36.4. The molecule has 0 saturated carbocycles. The quantitative estimate of drug-likeness (QED) is 0.0368. The minimum absolute atomic E-state index is 0.157. The van der Waals surface area contributed by atoms with Crippen molar-refractivity contribution in [3.8, 4) is 0 Å². The Morgan fingerprint density at radius 3 is 0.923 bits per heavy atom. The van der Waals surface area contributed by atoms with Gasteiger partial charge in [0.1, 0.15) is 0 Å². The van der Waals surface area contributed by atoms with Gasteiger partial charge in [0.15, 0.2) is 0 Å². The van der Waals surface area contributed by atoms with E-state index in [1.165, 1.54) is 244 Å². The third-order valence-electron chi connectivity index (χ3n) is 10.9. The number of nitrogens with zero attached hydrogens (tertiary/aromatic N) is 1. The Labute approximate surface area is 326 Å². The standard InChI is InChI=1S/C46H94NO4P/c1-3-5-7-9-11-13-15-23-27-31-35-39-43-47(44-40-36-32-28-24-16-14-12-10-8-6-4-2)45-41-37-33-29-25-21-19-17-18-20-22-26-30-34-38-42-46-51-52(48,49)50/h17-18H,3-16,19-46H2,1-2H3,(H2,48,49,50)/b18-17-. The second-order valence-corrected chi connectivity index (χ2v) is 17.5. The van der Waals surface area contributed by atoms with Gasteiger partial charge in [-0.1, -0.05) is 219 Å². The molecule has 0 radical (unpaired) electrons. The van der Waals surface area contributed by atoms with Crippen LogP contribution in [-0.4, -0.2) is 40.9 Å². The van der Waals surface area contributed by atoms with Gasteiger partial charge in [-0.2, -0.15) is 0 Å².